The Hall–Kier alpha value is -2.19. The van der Waals surface area contributed by atoms with Gasteiger partial charge in [-0.1, -0.05) is 52.3 Å². The lowest BCUT2D eigenvalue weighted by Gasteiger charge is -2.45. The average Bonchev–Trinajstić information content (AvgIpc) is 3.46. The third-order valence-corrected chi connectivity index (χ3v) is 8.23. The van der Waals surface area contributed by atoms with Gasteiger partial charge < -0.3 is 24.4 Å². The monoisotopic (exact) mass is 532 g/mol. The van der Waals surface area contributed by atoms with Gasteiger partial charge in [0, 0.05) is 25.2 Å². The summed E-state index contributed by atoms with van der Waals surface area (Å²) >= 11 is 0. The molecule has 3 aliphatic heterocycles. The number of fused-ring (bicyclic) bond motifs is 1. The van der Waals surface area contributed by atoms with Crippen molar-refractivity contribution in [2.75, 3.05) is 26.3 Å². The number of amides is 2. The lowest BCUT2D eigenvalue weighted by Crippen LogP contribution is -2.61. The fraction of sp³-hybridized carbons (Fsp3) is 0.767. The predicted molar refractivity (Wildman–Crippen MR) is 146 cm³/mol. The van der Waals surface area contributed by atoms with Crippen LogP contribution in [0, 0.1) is 17.3 Å². The van der Waals surface area contributed by atoms with E-state index in [0.717, 1.165) is 19.3 Å². The second-order valence-corrected chi connectivity index (χ2v) is 12.9. The van der Waals surface area contributed by atoms with Crippen LogP contribution in [0.2, 0.25) is 0 Å². The number of ether oxygens (including phenoxy) is 2. The van der Waals surface area contributed by atoms with E-state index in [1.807, 2.05) is 4.90 Å². The maximum Gasteiger partial charge on any atom is 0.312 e. The summed E-state index contributed by atoms with van der Waals surface area (Å²) in [4.78, 5) is 45.2. The van der Waals surface area contributed by atoms with E-state index in [1.165, 1.54) is 6.08 Å². The van der Waals surface area contributed by atoms with E-state index in [1.54, 1.807) is 11.0 Å². The van der Waals surface area contributed by atoms with Crippen molar-refractivity contribution in [1.82, 2.24) is 9.80 Å². The zero-order chi connectivity index (χ0) is 28.3. The summed E-state index contributed by atoms with van der Waals surface area (Å²) in [7, 11) is 0. The van der Waals surface area contributed by atoms with Crippen LogP contribution in [0.3, 0.4) is 0 Å². The van der Waals surface area contributed by atoms with Crippen LogP contribution in [0.15, 0.2) is 25.3 Å². The zero-order valence-electron chi connectivity index (χ0n) is 24.0. The Morgan fingerprint density at radius 3 is 2.45 bits per heavy atom. The first-order chi connectivity index (χ1) is 17.8. The van der Waals surface area contributed by atoms with Crippen molar-refractivity contribution in [3.8, 4) is 0 Å². The zero-order valence-corrected chi connectivity index (χ0v) is 24.0. The van der Waals surface area contributed by atoms with Crippen molar-refractivity contribution < 1.29 is 29.0 Å². The summed E-state index contributed by atoms with van der Waals surface area (Å²) in [5.41, 5.74) is -1.56. The first-order valence-corrected chi connectivity index (χ1v) is 14.1. The quantitative estimate of drug-likeness (QED) is 0.207. The molecule has 8 heteroatoms. The average molecular weight is 533 g/mol. The first-order valence-electron chi connectivity index (χ1n) is 14.1. The summed E-state index contributed by atoms with van der Waals surface area (Å²) in [6.07, 6.45) is 7.83. The molecule has 1 spiro atoms. The normalized spacial score (nSPS) is 28.4. The second-order valence-electron chi connectivity index (χ2n) is 12.9. The highest BCUT2D eigenvalue weighted by Gasteiger charge is 2.75. The van der Waals surface area contributed by atoms with E-state index in [4.69, 9.17) is 14.6 Å². The van der Waals surface area contributed by atoms with Crippen molar-refractivity contribution in [2.45, 2.75) is 103 Å². The number of aliphatic hydroxyl groups excluding tert-OH is 1. The molecule has 0 aromatic heterocycles. The molecule has 0 radical (unpaired) electrons. The number of hydrogen-bond acceptors (Lipinski definition) is 6. The number of unbranched alkanes of at least 4 members (excludes halogenated alkanes) is 3. The summed E-state index contributed by atoms with van der Waals surface area (Å²) in [5.74, 6) is -2.25. The van der Waals surface area contributed by atoms with Gasteiger partial charge in [-0.25, -0.2) is 0 Å². The largest absolute Gasteiger partial charge is 0.461 e. The molecule has 8 nitrogen and oxygen atoms in total. The Kier molecular flexibility index (Phi) is 9.51. The second kappa shape index (κ2) is 11.9. The molecule has 2 bridgehead atoms. The number of hydrogen-bond donors (Lipinski definition) is 1. The van der Waals surface area contributed by atoms with Gasteiger partial charge in [-0.15, -0.1) is 6.58 Å². The highest BCUT2D eigenvalue weighted by molar-refractivity contribution is 5.98. The third kappa shape index (κ3) is 5.86. The smallest absolute Gasteiger partial charge is 0.312 e. The molecular weight excluding hydrogens is 484 g/mol. The van der Waals surface area contributed by atoms with Crippen LogP contribution in [0.4, 0.5) is 0 Å². The molecule has 3 fully saturated rings. The maximum absolute atomic E-state index is 14.6. The number of aliphatic hydroxyl groups is 1. The van der Waals surface area contributed by atoms with Gasteiger partial charge >= 0.3 is 5.97 Å². The van der Waals surface area contributed by atoms with Gasteiger partial charge in [0.25, 0.3) is 0 Å². The van der Waals surface area contributed by atoms with Crippen LogP contribution >= 0.6 is 0 Å². The molecule has 3 saturated heterocycles. The molecule has 3 aliphatic rings. The molecule has 38 heavy (non-hydrogen) atoms. The molecule has 214 valence electrons. The lowest BCUT2D eigenvalue weighted by molar-refractivity contribution is -0.155. The van der Waals surface area contributed by atoms with E-state index in [0.29, 0.717) is 38.8 Å². The van der Waals surface area contributed by atoms with Crippen molar-refractivity contribution in [3.05, 3.63) is 25.3 Å². The minimum atomic E-state index is -1.04. The fourth-order valence-corrected chi connectivity index (χ4v) is 7.23. The van der Waals surface area contributed by atoms with Gasteiger partial charge in [-0.05, 0) is 51.4 Å². The maximum atomic E-state index is 14.6. The van der Waals surface area contributed by atoms with Crippen molar-refractivity contribution in [1.29, 1.82) is 0 Å². The van der Waals surface area contributed by atoms with Gasteiger partial charge in [0.05, 0.1) is 17.9 Å². The highest BCUT2D eigenvalue weighted by Crippen LogP contribution is 2.59. The SMILES string of the molecule is C=CCOC(=O)[C@@H]1[C@H]2C(=O)N(CCCCCCO)C(C(=O)N(CC=C)C(C)(C)CC(C)(C)C)C23CC[C@H]1O3. The summed E-state index contributed by atoms with van der Waals surface area (Å²) in [6, 6.07) is -0.806. The van der Waals surface area contributed by atoms with Crippen molar-refractivity contribution in [2.24, 2.45) is 17.3 Å². The number of carbonyl (C=O) groups excluding carboxylic acids is 3. The summed E-state index contributed by atoms with van der Waals surface area (Å²) in [5, 5.41) is 9.14. The number of likely N-dealkylation sites (tertiary alicyclic amines) is 1. The molecule has 0 aromatic carbocycles. The Labute approximate surface area is 228 Å². The molecule has 3 heterocycles. The Balaban J connectivity index is 1.99. The Bertz CT molecular complexity index is 909. The van der Waals surface area contributed by atoms with E-state index in [2.05, 4.69) is 47.8 Å². The van der Waals surface area contributed by atoms with Gasteiger partial charge in [0.15, 0.2) is 0 Å². The highest BCUT2D eigenvalue weighted by atomic mass is 16.6. The van der Waals surface area contributed by atoms with Crippen molar-refractivity contribution >= 4 is 17.8 Å². The molecule has 0 aliphatic carbocycles. The molecule has 2 unspecified atom stereocenters. The van der Waals surface area contributed by atoms with Crippen LogP contribution < -0.4 is 0 Å². The third-order valence-electron chi connectivity index (χ3n) is 8.23. The van der Waals surface area contributed by atoms with Crippen LogP contribution in [0.5, 0.6) is 0 Å². The van der Waals surface area contributed by atoms with Crippen LogP contribution in [-0.4, -0.2) is 82.3 Å². The lowest BCUT2D eigenvalue weighted by atomic mass is 9.70. The molecule has 2 amide bonds. The van der Waals surface area contributed by atoms with Crippen LogP contribution in [0.1, 0.15) is 79.6 Å². The standard InChI is InChI=1S/C30H48N2O6/c1-8-16-32(29(6,7)20-28(3,4)5)26(35)24-30-15-14-21(38-30)22(27(36)37-19-9-2)23(30)25(34)31(24)17-12-10-11-13-18-33/h8-9,21-24,33H,1-2,10-20H2,3-7H3/t21-,22+,23+,24?,30?/m1/s1. The van der Waals surface area contributed by atoms with Gasteiger partial charge in [-0.3, -0.25) is 14.4 Å². The summed E-state index contributed by atoms with van der Waals surface area (Å²) < 4.78 is 11.9. The minimum absolute atomic E-state index is 0.0236. The molecule has 3 rings (SSSR count). The van der Waals surface area contributed by atoms with Gasteiger partial charge in [0.2, 0.25) is 11.8 Å². The molecule has 0 aromatic rings. The van der Waals surface area contributed by atoms with E-state index >= 15 is 0 Å². The van der Waals surface area contributed by atoms with Gasteiger partial charge in [-0.2, -0.15) is 0 Å². The minimum Gasteiger partial charge on any atom is -0.461 e. The van der Waals surface area contributed by atoms with E-state index in [-0.39, 0.29) is 30.4 Å². The number of rotatable bonds is 14. The van der Waals surface area contributed by atoms with Crippen molar-refractivity contribution in [3.63, 3.8) is 0 Å². The molecule has 0 saturated carbocycles. The fourth-order valence-electron chi connectivity index (χ4n) is 7.23. The van der Waals surface area contributed by atoms with E-state index < -0.39 is 41.1 Å². The molecule has 5 atom stereocenters. The summed E-state index contributed by atoms with van der Waals surface area (Å²) in [6.45, 7) is 19.1. The number of nitrogens with zero attached hydrogens (tertiary/aromatic N) is 2. The number of esters is 1. The molecule has 1 N–H and O–H groups in total. The Morgan fingerprint density at radius 1 is 1.16 bits per heavy atom. The Morgan fingerprint density at radius 2 is 1.84 bits per heavy atom. The first kappa shape index (κ1) is 30.4. The van der Waals surface area contributed by atoms with E-state index in [9.17, 15) is 14.4 Å². The molecular formula is C30H48N2O6. The van der Waals surface area contributed by atoms with Gasteiger partial charge in [0.1, 0.15) is 18.2 Å². The topological polar surface area (TPSA) is 96.4 Å². The predicted octanol–water partition coefficient (Wildman–Crippen LogP) is 3.87. The van der Waals surface area contributed by atoms with Crippen LogP contribution in [-0.2, 0) is 23.9 Å². The van der Waals surface area contributed by atoms with Crippen LogP contribution in [0.25, 0.3) is 0 Å². The number of carbonyl (C=O) groups is 3.